The number of amides is 1. The largest absolute Gasteiger partial charge is 0.434 e. The van der Waals surface area contributed by atoms with Gasteiger partial charge in [-0.05, 0) is 17.7 Å². The van der Waals surface area contributed by atoms with Gasteiger partial charge in [-0.15, -0.1) is 11.3 Å². The molecule has 0 bridgehead atoms. The second-order valence-corrected chi connectivity index (χ2v) is 7.40. The third-order valence-electron chi connectivity index (χ3n) is 4.46. The summed E-state index contributed by atoms with van der Waals surface area (Å²) in [6, 6.07) is 8.29. The van der Waals surface area contributed by atoms with Crippen LogP contribution in [0.3, 0.4) is 0 Å². The van der Waals surface area contributed by atoms with Crippen LogP contribution in [0.5, 0.6) is 0 Å². The molecule has 0 spiro atoms. The number of thiazole rings is 1. The van der Waals surface area contributed by atoms with Crippen LogP contribution < -0.4 is 5.73 Å². The number of benzene rings is 1. The fourth-order valence-corrected chi connectivity index (χ4v) is 3.72. The minimum absolute atomic E-state index is 0.221. The number of hydrogen-bond acceptors (Lipinski definition) is 5. The molecule has 0 unspecified atom stereocenters. The average molecular weight is 442 g/mol. The van der Waals surface area contributed by atoms with Crippen molar-refractivity contribution < 1.29 is 22.8 Å². The third-order valence-corrected chi connectivity index (χ3v) is 5.30. The summed E-state index contributed by atoms with van der Waals surface area (Å²) in [6.45, 7) is 0. The molecule has 6 nitrogen and oxygen atoms in total. The Morgan fingerprint density at radius 2 is 1.87 bits per heavy atom. The highest BCUT2D eigenvalue weighted by Gasteiger charge is 2.34. The third kappa shape index (κ3) is 4.24. The summed E-state index contributed by atoms with van der Waals surface area (Å²) < 4.78 is 38.1. The summed E-state index contributed by atoms with van der Waals surface area (Å²) in [5.74, 6) is -1.15. The second-order valence-electron chi connectivity index (χ2n) is 6.54. The first kappa shape index (κ1) is 20.5. The van der Waals surface area contributed by atoms with Crippen LogP contribution in [0.15, 0.2) is 54.2 Å². The van der Waals surface area contributed by atoms with Crippen molar-refractivity contribution >= 4 is 40.1 Å². The van der Waals surface area contributed by atoms with Crippen LogP contribution in [-0.2, 0) is 11.0 Å². The van der Waals surface area contributed by atoms with E-state index in [4.69, 9.17) is 5.73 Å². The molecule has 0 aliphatic rings. The SMILES string of the molecule is NC(=O)C=Cc1c[nH]c2ncc(-c3ccc(C(=O)c4nc(C(F)(F)F)cs4)cc3)cc12. The number of aromatic amines is 1. The Morgan fingerprint density at radius 3 is 2.52 bits per heavy atom. The molecule has 0 fully saturated rings. The van der Waals surface area contributed by atoms with Gasteiger partial charge in [0.15, 0.2) is 10.7 Å². The predicted octanol–water partition coefficient (Wildman–Crippen LogP) is 4.43. The lowest BCUT2D eigenvalue weighted by molar-refractivity contribution is -0.140. The Hall–Kier alpha value is -3.79. The Labute approximate surface area is 177 Å². The summed E-state index contributed by atoms with van der Waals surface area (Å²) in [5.41, 5.74) is 7.17. The van der Waals surface area contributed by atoms with Gasteiger partial charge in [0.1, 0.15) is 5.65 Å². The van der Waals surface area contributed by atoms with E-state index >= 15 is 0 Å². The summed E-state index contributed by atoms with van der Waals surface area (Å²) in [4.78, 5) is 34.2. The fourth-order valence-electron chi connectivity index (χ4n) is 2.94. The first-order valence-corrected chi connectivity index (χ1v) is 9.73. The van der Waals surface area contributed by atoms with Gasteiger partial charge in [0, 0.05) is 45.9 Å². The Morgan fingerprint density at radius 1 is 1.13 bits per heavy atom. The van der Waals surface area contributed by atoms with E-state index in [1.807, 2.05) is 6.07 Å². The van der Waals surface area contributed by atoms with Gasteiger partial charge < -0.3 is 10.7 Å². The molecule has 3 N–H and O–H groups in total. The van der Waals surface area contributed by atoms with Crippen LogP contribution in [0.25, 0.3) is 28.2 Å². The quantitative estimate of drug-likeness (QED) is 0.353. The zero-order valence-corrected chi connectivity index (χ0v) is 16.4. The number of halogens is 3. The van der Waals surface area contributed by atoms with E-state index < -0.39 is 23.6 Å². The van der Waals surface area contributed by atoms with Crippen molar-refractivity contribution in [3.63, 3.8) is 0 Å². The first-order valence-electron chi connectivity index (χ1n) is 8.85. The number of H-pyrrole nitrogens is 1. The number of fused-ring (bicyclic) bond motifs is 1. The van der Waals surface area contributed by atoms with Gasteiger partial charge >= 0.3 is 6.18 Å². The maximum atomic E-state index is 12.7. The summed E-state index contributed by atoms with van der Waals surface area (Å²) >= 11 is 0.657. The number of nitrogens with two attached hydrogens (primary N) is 1. The number of nitrogens with zero attached hydrogens (tertiary/aromatic N) is 2. The number of rotatable bonds is 5. The normalized spacial score (nSPS) is 12.0. The number of alkyl halides is 3. The lowest BCUT2D eigenvalue weighted by Gasteiger charge is -2.04. The number of nitrogens with one attached hydrogen (secondary N) is 1. The average Bonchev–Trinajstić information content (AvgIpc) is 3.39. The zero-order valence-electron chi connectivity index (χ0n) is 15.6. The number of aromatic nitrogens is 3. The van der Waals surface area contributed by atoms with Crippen LogP contribution in [0.4, 0.5) is 13.2 Å². The second kappa shape index (κ2) is 7.80. The number of hydrogen-bond donors (Lipinski definition) is 2. The molecule has 31 heavy (non-hydrogen) atoms. The van der Waals surface area contributed by atoms with E-state index in [2.05, 4.69) is 15.0 Å². The molecule has 4 aromatic rings. The highest BCUT2D eigenvalue weighted by Crippen LogP contribution is 2.31. The number of primary amides is 1. The van der Waals surface area contributed by atoms with Gasteiger partial charge in [-0.1, -0.05) is 24.3 Å². The van der Waals surface area contributed by atoms with Crippen LogP contribution in [0.1, 0.15) is 26.6 Å². The van der Waals surface area contributed by atoms with Crippen molar-refractivity contribution in [1.82, 2.24) is 15.0 Å². The van der Waals surface area contributed by atoms with Crippen molar-refractivity contribution in [1.29, 1.82) is 0 Å². The monoisotopic (exact) mass is 442 g/mol. The summed E-state index contributed by atoms with van der Waals surface area (Å²) in [7, 11) is 0. The van der Waals surface area contributed by atoms with Gasteiger partial charge in [0.25, 0.3) is 0 Å². The number of ketones is 1. The van der Waals surface area contributed by atoms with Crippen LogP contribution in [0, 0.1) is 0 Å². The van der Waals surface area contributed by atoms with Gasteiger partial charge in [0.2, 0.25) is 11.7 Å². The molecule has 0 aliphatic heterocycles. The van der Waals surface area contributed by atoms with E-state index in [0.29, 0.717) is 17.0 Å². The van der Waals surface area contributed by atoms with E-state index in [9.17, 15) is 22.8 Å². The predicted molar refractivity (Wildman–Crippen MR) is 110 cm³/mol. The topological polar surface area (TPSA) is 102 Å². The minimum Gasteiger partial charge on any atom is -0.366 e. The fraction of sp³-hybridized carbons (Fsp3) is 0.0476. The zero-order chi connectivity index (χ0) is 22.2. The van der Waals surface area contributed by atoms with Crippen molar-refractivity contribution in [2.45, 2.75) is 6.18 Å². The molecule has 1 aromatic carbocycles. The Bertz CT molecular complexity index is 1320. The molecule has 0 saturated carbocycles. The van der Waals surface area contributed by atoms with E-state index in [1.165, 1.54) is 18.2 Å². The van der Waals surface area contributed by atoms with Crippen molar-refractivity contribution in [2.75, 3.05) is 0 Å². The standard InChI is InChI=1S/C21H13F3N4O2S/c22-21(23,24)16-10-31-20(28-16)18(30)12-3-1-11(2-4-12)14-7-15-13(5-6-17(25)29)8-26-19(15)27-9-14/h1-10H,(H2,25,29)(H,26,27). The molecule has 3 heterocycles. The lowest BCUT2D eigenvalue weighted by atomic mass is 10.0. The smallest absolute Gasteiger partial charge is 0.366 e. The molecular formula is C21H13F3N4O2S. The molecule has 0 atom stereocenters. The summed E-state index contributed by atoms with van der Waals surface area (Å²) in [5, 5.41) is 1.38. The van der Waals surface area contributed by atoms with E-state index in [1.54, 1.807) is 30.6 Å². The maximum absolute atomic E-state index is 12.7. The van der Waals surface area contributed by atoms with Crippen LogP contribution in [0.2, 0.25) is 0 Å². The Kier molecular flexibility index (Phi) is 5.15. The van der Waals surface area contributed by atoms with Gasteiger partial charge in [-0.3, -0.25) is 9.59 Å². The molecule has 4 rings (SSSR count). The van der Waals surface area contributed by atoms with E-state index in [0.717, 1.165) is 27.5 Å². The molecule has 156 valence electrons. The molecule has 3 aromatic heterocycles. The molecule has 0 radical (unpaired) electrons. The number of pyridine rings is 1. The molecule has 0 aliphatic carbocycles. The van der Waals surface area contributed by atoms with Gasteiger partial charge in [-0.2, -0.15) is 13.2 Å². The molecule has 1 amide bonds. The summed E-state index contributed by atoms with van der Waals surface area (Å²) in [6.07, 6.45) is 1.59. The highest BCUT2D eigenvalue weighted by atomic mass is 32.1. The van der Waals surface area contributed by atoms with E-state index in [-0.39, 0.29) is 10.6 Å². The van der Waals surface area contributed by atoms with Crippen molar-refractivity contribution in [3.05, 3.63) is 76.0 Å². The lowest BCUT2D eigenvalue weighted by Crippen LogP contribution is -2.07. The van der Waals surface area contributed by atoms with Crippen LogP contribution >= 0.6 is 11.3 Å². The Balaban J connectivity index is 1.61. The van der Waals surface area contributed by atoms with Crippen molar-refractivity contribution in [3.8, 4) is 11.1 Å². The van der Waals surface area contributed by atoms with Gasteiger partial charge in [-0.25, -0.2) is 9.97 Å². The minimum atomic E-state index is -4.59. The first-order chi connectivity index (χ1) is 14.7. The molecular weight excluding hydrogens is 429 g/mol. The maximum Gasteiger partial charge on any atom is 0.434 e. The number of carbonyl (C=O) groups excluding carboxylic acids is 2. The van der Waals surface area contributed by atoms with Gasteiger partial charge in [0.05, 0.1) is 0 Å². The highest BCUT2D eigenvalue weighted by molar-refractivity contribution is 7.12. The van der Waals surface area contributed by atoms with Crippen molar-refractivity contribution in [2.24, 2.45) is 5.73 Å². The number of carbonyl (C=O) groups is 2. The van der Waals surface area contributed by atoms with Crippen LogP contribution in [-0.4, -0.2) is 26.6 Å². The molecule has 0 saturated heterocycles. The molecule has 10 heteroatoms.